The van der Waals surface area contributed by atoms with Crippen LogP contribution in [0, 0.1) is 0 Å². The Hall–Kier alpha value is -1.57. The predicted octanol–water partition coefficient (Wildman–Crippen LogP) is 5.05. The molecule has 1 aliphatic heterocycles. The van der Waals surface area contributed by atoms with Crippen LogP contribution in [0.1, 0.15) is 21.4 Å². The summed E-state index contributed by atoms with van der Waals surface area (Å²) in [4.78, 5) is 15.7. The quantitative estimate of drug-likeness (QED) is 0.594. The van der Waals surface area contributed by atoms with Crippen molar-refractivity contribution >= 4 is 44.9 Å². The highest BCUT2D eigenvalue weighted by atomic mass is 79.9. The van der Waals surface area contributed by atoms with Crippen LogP contribution in [0.25, 0.3) is 10.6 Å². The van der Waals surface area contributed by atoms with Crippen molar-refractivity contribution in [1.29, 1.82) is 0 Å². The topological polar surface area (TPSA) is 46.3 Å². The number of benzene rings is 1. The summed E-state index contributed by atoms with van der Waals surface area (Å²) in [5.74, 6) is 1.47. The van der Waals surface area contributed by atoms with Crippen LogP contribution in [0.15, 0.2) is 56.8 Å². The third kappa shape index (κ3) is 3.03. The second-order valence-corrected chi connectivity index (χ2v) is 8.38. The summed E-state index contributed by atoms with van der Waals surface area (Å²) in [5.41, 5.74) is 1.49. The van der Waals surface area contributed by atoms with Crippen molar-refractivity contribution in [3.8, 4) is 10.6 Å². The molecule has 24 heavy (non-hydrogen) atoms. The number of hydrogen-bond donors (Lipinski definition) is 0. The number of carbonyl (C=O) groups is 1. The first-order chi connectivity index (χ1) is 11.7. The largest absolute Gasteiger partial charge is 0.355 e. The maximum atomic E-state index is 12.9. The van der Waals surface area contributed by atoms with Crippen LogP contribution in [-0.2, 0) is 0 Å². The van der Waals surface area contributed by atoms with Gasteiger partial charge in [0.1, 0.15) is 5.37 Å². The number of aromatic nitrogens is 1. The average Bonchev–Trinajstić information content (AvgIpc) is 3.34. The number of carbonyl (C=O) groups excluding carboxylic acids is 1. The van der Waals surface area contributed by atoms with E-state index < -0.39 is 0 Å². The molecule has 0 spiro atoms. The van der Waals surface area contributed by atoms with E-state index in [0.717, 1.165) is 20.7 Å². The van der Waals surface area contributed by atoms with Crippen LogP contribution in [0.3, 0.4) is 0 Å². The molecular weight excluding hydrogens is 408 g/mol. The lowest BCUT2D eigenvalue weighted by Crippen LogP contribution is -2.30. The number of hydrogen-bond acceptors (Lipinski definition) is 5. The Morgan fingerprint density at radius 3 is 2.88 bits per heavy atom. The maximum absolute atomic E-state index is 12.9. The second kappa shape index (κ2) is 6.74. The average molecular weight is 421 g/mol. The normalized spacial score (nSPS) is 17.4. The summed E-state index contributed by atoms with van der Waals surface area (Å²) in [5, 5.41) is 5.98. The molecule has 0 N–H and O–H groups in total. The highest BCUT2D eigenvalue weighted by Crippen LogP contribution is 2.39. The molecular formula is C17H13BrN2O2S2. The Morgan fingerprint density at radius 2 is 2.12 bits per heavy atom. The van der Waals surface area contributed by atoms with Gasteiger partial charge in [-0.1, -0.05) is 39.3 Å². The van der Waals surface area contributed by atoms with Crippen LogP contribution in [0.5, 0.6) is 0 Å². The molecule has 0 radical (unpaired) electrons. The molecule has 122 valence electrons. The first-order valence-corrected chi connectivity index (χ1v) is 10.1. The van der Waals surface area contributed by atoms with E-state index in [2.05, 4.69) is 21.1 Å². The number of thiophene rings is 1. The molecule has 3 heterocycles. The summed E-state index contributed by atoms with van der Waals surface area (Å²) >= 11 is 6.78. The third-order valence-corrected chi connectivity index (χ3v) is 6.47. The van der Waals surface area contributed by atoms with E-state index in [4.69, 9.17) is 4.52 Å². The fourth-order valence-electron chi connectivity index (χ4n) is 2.64. The lowest BCUT2D eigenvalue weighted by atomic mass is 10.2. The van der Waals surface area contributed by atoms with Gasteiger partial charge in [0.15, 0.2) is 11.5 Å². The number of thioether (sulfide) groups is 1. The van der Waals surface area contributed by atoms with Gasteiger partial charge in [0, 0.05) is 22.8 Å². The molecule has 0 bridgehead atoms. The Balaban J connectivity index is 1.58. The van der Waals surface area contributed by atoms with Gasteiger partial charge in [0.05, 0.1) is 4.88 Å². The van der Waals surface area contributed by atoms with Gasteiger partial charge in [-0.05, 0) is 29.1 Å². The van der Waals surface area contributed by atoms with Gasteiger partial charge in [0.25, 0.3) is 5.91 Å². The summed E-state index contributed by atoms with van der Waals surface area (Å²) in [6.07, 6.45) is 0. The van der Waals surface area contributed by atoms with Crippen LogP contribution >= 0.6 is 39.0 Å². The lowest BCUT2D eigenvalue weighted by molar-refractivity contribution is 0.0750. The number of amides is 1. The summed E-state index contributed by atoms with van der Waals surface area (Å²) in [6, 6.07) is 13.7. The van der Waals surface area contributed by atoms with Crippen molar-refractivity contribution in [2.24, 2.45) is 0 Å². The van der Waals surface area contributed by atoms with Crippen molar-refractivity contribution in [3.63, 3.8) is 0 Å². The molecule has 4 rings (SSSR count). The minimum absolute atomic E-state index is 0.0208. The van der Waals surface area contributed by atoms with Crippen molar-refractivity contribution in [2.45, 2.75) is 5.37 Å². The molecule has 1 aromatic carbocycles. The SMILES string of the molecule is O=C(c1cc(-c2cccs2)on1)N1CCSC1c1ccc(Br)cc1. The zero-order valence-corrected chi connectivity index (χ0v) is 15.7. The Bertz CT molecular complexity index is 846. The third-order valence-electron chi connectivity index (χ3n) is 3.80. The zero-order valence-electron chi connectivity index (χ0n) is 12.5. The zero-order chi connectivity index (χ0) is 16.5. The highest BCUT2D eigenvalue weighted by Gasteiger charge is 2.32. The Kier molecular flexibility index (Phi) is 4.47. The molecule has 1 aliphatic rings. The number of nitrogens with zero attached hydrogens (tertiary/aromatic N) is 2. The van der Waals surface area contributed by atoms with Gasteiger partial charge in [-0.3, -0.25) is 4.79 Å². The molecule has 2 aromatic heterocycles. The van der Waals surface area contributed by atoms with E-state index in [-0.39, 0.29) is 11.3 Å². The smallest absolute Gasteiger partial charge is 0.277 e. The van der Waals surface area contributed by atoms with Gasteiger partial charge in [-0.2, -0.15) is 0 Å². The van der Waals surface area contributed by atoms with E-state index in [1.807, 2.05) is 46.7 Å². The van der Waals surface area contributed by atoms with Gasteiger partial charge in [-0.15, -0.1) is 23.1 Å². The van der Waals surface area contributed by atoms with E-state index in [1.54, 1.807) is 29.2 Å². The van der Waals surface area contributed by atoms with Crippen molar-refractivity contribution in [1.82, 2.24) is 10.1 Å². The first-order valence-electron chi connectivity index (χ1n) is 7.41. The number of halogens is 1. The number of rotatable bonds is 3. The molecule has 1 amide bonds. The molecule has 3 aromatic rings. The van der Waals surface area contributed by atoms with Gasteiger partial charge >= 0.3 is 0 Å². The van der Waals surface area contributed by atoms with E-state index >= 15 is 0 Å². The molecule has 1 fully saturated rings. The standard InChI is InChI=1S/C17H13BrN2O2S2/c18-12-5-3-11(4-6-12)17-20(7-9-24-17)16(21)13-10-14(22-19-13)15-2-1-8-23-15/h1-6,8,10,17H,7,9H2. The minimum atomic E-state index is -0.0838. The van der Waals surface area contributed by atoms with Crippen LogP contribution < -0.4 is 0 Å². The monoisotopic (exact) mass is 420 g/mol. The van der Waals surface area contributed by atoms with Crippen LogP contribution in [0.4, 0.5) is 0 Å². The van der Waals surface area contributed by atoms with Gasteiger partial charge < -0.3 is 9.42 Å². The van der Waals surface area contributed by atoms with Crippen molar-refractivity contribution in [3.05, 3.63) is 63.6 Å². The van der Waals surface area contributed by atoms with Gasteiger partial charge in [0.2, 0.25) is 0 Å². The fourth-order valence-corrected chi connectivity index (χ4v) is 4.83. The van der Waals surface area contributed by atoms with E-state index in [0.29, 0.717) is 18.0 Å². The molecule has 1 atom stereocenters. The molecule has 0 saturated carbocycles. The second-order valence-electron chi connectivity index (χ2n) is 5.33. The molecule has 0 aliphatic carbocycles. The van der Waals surface area contributed by atoms with Crippen LogP contribution in [0.2, 0.25) is 0 Å². The molecule has 1 unspecified atom stereocenters. The molecule has 1 saturated heterocycles. The van der Waals surface area contributed by atoms with Crippen molar-refractivity contribution in [2.75, 3.05) is 12.3 Å². The molecule has 7 heteroatoms. The van der Waals surface area contributed by atoms with Crippen molar-refractivity contribution < 1.29 is 9.32 Å². The Morgan fingerprint density at radius 1 is 1.29 bits per heavy atom. The summed E-state index contributed by atoms with van der Waals surface area (Å²) < 4.78 is 6.38. The summed E-state index contributed by atoms with van der Waals surface area (Å²) in [6.45, 7) is 0.714. The molecule has 4 nitrogen and oxygen atoms in total. The lowest BCUT2D eigenvalue weighted by Gasteiger charge is -2.23. The first kappa shape index (κ1) is 15.9. The van der Waals surface area contributed by atoms with Gasteiger partial charge in [-0.25, -0.2) is 0 Å². The highest BCUT2D eigenvalue weighted by molar-refractivity contribution is 9.10. The Labute approximate surface area is 156 Å². The minimum Gasteiger partial charge on any atom is -0.355 e. The van der Waals surface area contributed by atoms with Crippen LogP contribution in [-0.4, -0.2) is 28.3 Å². The van der Waals surface area contributed by atoms with E-state index in [9.17, 15) is 4.79 Å². The maximum Gasteiger partial charge on any atom is 0.277 e. The predicted molar refractivity (Wildman–Crippen MR) is 100 cm³/mol. The van der Waals surface area contributed by atoms with E-state index in [1.165, 1.54) is 0 Å². The fraction of sp³-hybridized carbons (Fsp3) is 0.176. The summed E-state index contributed by atoms with van der Waals surface area (Å²) in [7, 11) is 0.